The van der Waals surface area contributed by atoms with Crippen LogP contribution in [0.15, 0.2) is 42.1 Å². The fourth-order valence-electron chi connectivity index (χ4n) is 4.57. The van der Waals surface area contributed by atoms with E-state index in [-0.39, 0.29) is 5.54 Å². The lowest BCUT2D eigenvalue weighted by atomic mass is 9.66. The van der Waals surface area contributed by atoms with Gasteiger partial charge >= 0.3 is 0 Å². The molecule has 2 heteroatoms. The van der Waals surface area contributed by atoms with Crippen LogP contribution in [0.25, 0.3) is 10.9 Å². The summed E-state index contributed by atoms with van der Waals surface area (Å²) in [6.07, 6.45) is 8.38. The summed E-state index contributed by atoms with van der Waals surface area (Å²) in [4.78, 5) is 3.42. The van der Waals surface area contributed by atoms with Crippen LogP contribution in [0.3, 0.4) is 0 Å². The Balaban J connectivity index is 1.66. The molecule has 0 unspecified atom stereocenters. The highest BCUT2D eigenvalue weighted by molar-refractivity contribution is 5.83. The number of allylic oxidation sites excluding steroid dienone is 1. The van der Waals surface area contributed by atoms with E-state index >= 15 is 0 Å². The van der Waals surface area contributed by atoms with E-state index in [0.29, 0.717) is 12.0 Å². The molecule has 2 aliphatic rings. The summed E-state index contributed by atoms with van der Waals surface area (Å²) in [6.45, 7) is 7.08. The highest BCUT2D eigenvalue weighted by Gasteiger charge is 2.43. The largest absolute Gasteiger partial charge is 0.361 e. The van der Waals surface area contributed by atoms with Crippen LogP contribution in [0.1, 0.15) is 39.2 Å². The molecule has 1 aliphatic heterocycles. The van der Waals surface area contributed by atoms with Crippen molar-refractivity contribution >= 4 is 10.9 Å². The van der Waals surface area contributed by atoms with Gasteiger partial charge in [-0.05, 0) is 63.5 Å². The third kappa shape index (κ3) is 2.21. The number of H-pyrrole nitrogens is 1. The second-order valence-corrected chi connectivity index (χ2v) is 7.76. The molecule has 3 atom stereocenters. The number of fused-ring (bicyclic) bond motifs is 3. The maximum absolute atomic E-state index is 3.97. The number of hydrogen-bond donors (Lipinski definition) is 2. The number of hydrogen-bond acceptors (Lipinski definition) is 1. The van der Waals surface area contributed by atoms with Gasteiger partial charge in [-0.2, -0.15) is 0 Å². The van der Waals surface area contributed by atoms with Gasteiger partial charge in [0.2, 0.25) is 0 Å². The van der Waals surface area contributed by atoms with Crippen molar-refractivity contribution in [3.63, 3.8) is 0 Å². The van der Waals surface area contributed by atoms with Crippen molar-refractivity contribution in [1.82, 2.24) is 10.3 Å². The topological polar surface area (TPSA) is 27.8 Å². The summed E-state index contributed by atoms with van der Waals surface area (Å²) in [5.74, 6) is 1.47. The van der Waals surface area contributed by atoms with Crippen molar-refractivity contribution < 1.29 is 0 Å². The second-order valence-electron chi connectivity index (χ2n) is 7.76. The highest BCUT2D eigenvalue weighted by atomic mass is 15.0. The molecule has 1 aromatic heterocycles. The molecule has 116 valence electrons. The molecule has 1 saturated heterocycles. The molecule has 1 fully saturated rings. The molecule has 4 rings (SSSR count). The van der Waals surface area contributed by atoms with Gasteiger partial charge in [0.1, 0.15) is 0 Å². The Bertz CT molecular complexity index is 722. The van der Waals surface area contributed by atoms with Crippen LogP contribution >= 0.6 is 0 Å². The van der Waals surface area contributed by atoms with Crippen LogP contribution in [0, 0.1) is 11.8 Å². The summed E-state index contributed by atoms with van der Waals surface area (Å²) in [6, 6.07) is 9.19. The van der Waals surface area contributed by atoms with E-state index in [1.54, 1.807) is 5.57 Å². The first-order valence-corrected chi connectivity index (χ1v) is 8.54. The minimum Gasteiger partial charge on any atom is -0.361 e. The molecule has 0 amide bonds. The number of aromatic amines is 1. The van der Waals surface area contributed by atoms with Crippen molar-refractivity contribution in [2.45, 2.75) is 51.6 Å². The minimum atomic E-state index is 0.241. The predicted octanol–water partition coefficient (Wildman–Crippen LogP) is 4.43. The standard InChI is InChI=1S/C20H26N2/c1-13-8-9-15-11-17(13)19(22-20(15,2)3)10-14-12-21-18-7-5-4-6-16(14)18/h4-8,12,15,17,19,21-22H,9-11H2,1-3H3/t15-,17-,19+/m0/s1. The highest BCUT2D eigenvalue weighted by Crippen LogP contribution is 2.42. The molecular weight excluding hydrogens is 268 g/mol. The average Bonchev–Trinajstić information content (AvgIpc) is 2.89. The smallest absolute Gasteiger partial charge is 0.0456 e. The lowest BCUT2D eigenvalue weighted by Crippen LogP contribution is -2.60. The van der Waals surface area contributed by atoms with Crippen molar-refractivity contribution in [1.29, 1.82) is 0 Å². The van der Waals surface area contributed by atoms with E-state index in [4.69, 9.17) is 0 Å². The van der Waals surface area contributed by atoms with E-state index in [0.717, 1.165) is 12.3 Å². The van der Waals surface area contributed by atoms with Crippen LogP contribution in [0.5, 0.6) is 0 Å². The molecule has 2 aromatic rings. The van der Waals surface area contributed by atoms with Crippen LogP contribution in [0.4, 0.5) is 0 Å². The fourth-order valence-corrected chi connectivity index (χ4v) is 4.57. The van der Waals surface area contributed by atoms with Crippen LogP contribution in [-0.4, -0.2) is 16.6 Å². The molecule has 2 N–H and O–H groups in total. The third-order valence-corrected chi connectivity index (χ3v) is 6.03. The van der Waals surface area contributed by atoms with Gasteiger partial charge in [-0.25, -0.2) is 0 Å². The van der Waals surface area contributed by atoms with Crippen LogP contribution in [0.2, 0.25) is 0 Å². The molecule has 2 bridgehead atoms. The van der Waals surface area contributed by atoms with Gasteiger partial charge in [-0.1, -0.05) is 29.8 Å². The Morgan fingerprint density at radius 2 is 2.05 bits per heavy atom. The quantitative estimate of drug-likeness (QED) is 0.788. The zero-order valence-corrected chi connectivity index (χ0v) is 13.8. The zero-order chi connectivity index (χ0) is 15.3. The van der Waals surface area contributed by atoms with Crippen LogP contribution in [-0.2, 0) is 6.42 Å². The van der Waals surface area contributed by atoms with Gasteiger partial charge in [-0.3, -0.25) is 0 Å². The van der Waals surface area contributed by atoms with Crippen molar-refractivity contribution in [3.8, 4) is 0 Å². The number of para-hydroxylation sites is 1. The zero-order valence-electron chi connectivity index (χ0n) is 13.8. The van der Waals surface area contributed by atoms with Crippen LogP contribution < -0.4 is 5.32 Å². The monoisotopic (exact) mass is 294 g/mol. The summed E-state index contributed by atoms with van der Waals surface area (Å²) in [5.41, 5.74) is 4.52. The Kier molecular flexibility index (Phi) is 3.19. The lowest BCUT2D eigenvalue weighted by Gasteiger charge is -2.50. The van der Waals surface area contributed by atoms with Gasteiger partial charge in [0.05, 0.1) is 0 Å². The van der Waals surface area contributed by atoms with Gasteiger partial charge in [0.25, 0.3) is 0 Å². The average molecular weight is 294 g/mol. The number of rotatable bonds is 2. The van der Waals surface area contributed by atoms with E-state index in [1.165, 1.54) is 29.3 Å². The Morgan fingerprint density at radius 3 is 2.91 bits per heavy atom. The summed E-state index contributed by atoms with van der Waals surface area (Å²) in [5, 5.41) is 5.35. The molecule has 0 spiro atoms. The van der Waals surface area contributed by atoms with Gasteiger partial charge in [0, 0.05) is 28.7 Å². The predicted molar refractivity (Wildman–Crippen MR) is 93.0 cm³/mol. The normalized spacial score (nSPS) is 30.3. The van der Waals surface area contributed by atoms with E-state index in [9.17, 15) is 0 Å². The molecule has 2 nitrogen and oxygen atoms in total. The Morgan fingerprint density at radius 1 is 1.23 bits per heavy atom. The molecule has 2 heterocycles. The van der Waals surface area contributed by atoms with Crippen molar-refractivity contribution in [2.75, 3.05) is 0 Å². The maximum Gasteiger partial charge on any atom is 0.0456 e. The Labute approximate surface area is 133 Å². The molecule has 1 aliphatic carbocycles. The number of nitrogens with one attached hydrogen (secondary N) is 2. The number of benzene rings is 1. The van der Waals surface area contributed by atoms with Gasteiger partial charge in [0.15, 0.2) is 0 Å². The first-order valence-electron chi connectivity index (χ1n) is 8.54. The summed E-state index contributed by atoms with van der Waals surface area (Å²) < 4.78 is 0. The summed E-state index contributed by atoms with van der Waals surface area (Å²) in [7, 11) is 0. The SMILES string of the molecule is CC1=CC[C@H]2C[C@@H]1[C@@H](Cc1c[nH]c3ccccc13)NC2(C)C. The summed E-state index contributed by atoms with van der Waals surface area (Å²) >= 11 is 0. The van der Waals surface area contributed by atoms with E-state index < -0.39 is 0 Å². The molecular formula is C20H26N2. The number of aromatic nitrogens is 1. The van der Waals surface area contributed by atoms with E-state index in [2.05, 4.69) is 67.6 Å². The first-order chi connectivity index (χ1) is 10.5. The molecule has 22 heavy (non-hydrogen) atoms. The van der Waals surface area contributed by atoms with Crippen molar-refractivity contribution in [3.05, 3.63) is 47.7 Å². The van der Waals surface area contributed by atoms with E-state index in [1.807, 2.05) is 0 Å². The van der Waals surface area contributed by atoms with Gasteiger partial charge in [-0.15, -0.1) is 0 Å². The van der Waals surface area contributed by atoms with Crippen molar-refractivity contribution in [2.24, 2.45) is 11.8 Å². The number of piperidine rings is 1. The lowest BCUT2D eigenvalue weighted by molar-refractivity contribution is 0.109. The minimum absolute atomic E-state index is 0.241. The fraction of sp³-hybridized carbons (Fsp3) is 0.500. The molecule has 1 aromatic carbocycles. The molecule has 0 saturated carbocycles. The first kappa shape index (κ1) is 14.1. The molecule has 0 radical (unpaired) electrons. The maximum atomic E-state index is 3.97. The second kappa shape index (κ2) is 4.99. The Hall–Kier alpha value is -1.54. The third-order valence-electron chi connectivity index (χ3n) is 6.03. The van der Waals surface area contributed by atoms with Gasteiger partial charge < -0.3 is 10.3 Å².